The van der Waals surface area contributed by atoms with Gasteiger partial charge in [-0.1, -0.05) is 60.2 Å². The smallest absolute Gasteiger partial charge is 0.244 e. The van der Waals surface area contributed by atoms with Gasteiger partial charge in [-0.15, -0.1) is 0 Å². The number of hydrogen-bond donors (Lipinski definition) is 1. The number of likely N-dealkylation sites (N-methyl/N-ethyl adjacent to an activating group) is 1. The summed E-state index contributed by atoms with van der Waals surface area (Å²) in [6.45, 7) is 3.88. The molecule has 1 N–H and O–H groups in total. The van der Waals surface area contributed by atoms with E-state index in [1.54, 1.807) is 24.3 Å². The molecule has 0 aromatic heterocycles. The monoisotopic (exact) mass is 537 g/mol. The van der Waals surface area contributed by atoms with Crippen molar-refractivity contribution in [2.24, 2.45) is 0 Å². The average molecular weight is 538 g/mol. The van der Waals surface area contributed by atoms with Crippen LogP contribution in [-0.4, -0.2) is 57.6 Å². The fourth-order valence-corrected chi connectivity index (χ4v) is 4.95. The van der Waals surface area contributed by atoms with Gasteiger partial charge in [-0.2, -0.15) is 0 Å². The van der Waals surface area contributed by atoms with Gasteiger partial charge in [-0.25, -0.2) is 8.42 Å². The normalized spacial score (nSPS) is 11.9. The van der Waals surface area contributed by atoms with E-state index in [0.717, 1.165) is 27.3 Å². The molecule has 9 heteroatoms. The van der Waals surface area contributed by atoms with Crippen LogP contribution in [0.3, 0.4) is 0 Å². The van der Waals surface area contributed by atoms with Crippen molar-refractivity contribution in [3.05, 3.63) is 95.6 Å². The highest BCUT2D eigenvalue weighted by molar-refractivity contribution is 7.92. The second-order valence-electron chi connectivity index (χ2n) is 9.07. The van der Waals surface area contributed by atoms with E-state index in [-0.39, 0.29) is 18.9 Å². The minimum Gasteiger partial charge on any atom is -0.497 e. The van der Waals surface area contributed by atoms with Gasteiger partial charge in [0, 0.05) is 19.5 Å². The van der Waals surface area contributed by atoms with Gasteiger partial charge in [0.2, 0.25) is 21.8 Å². The molecule has 3 rings (SSSR count). The van der Waals surface area contributed by atoms with Crippen LogP contribution in [0.1, 0.15) is 23.6 Å². The number of nitrogens with one attached hydrogen (secondary N) is 1. The first-order valence-corrected chi connectivity index (χ1v) is 14.3. The summed E-state index contributed by atoms with van der Waals surface area (Å²) < 4.78 is 31.8. The van der Waals surface area contributed by atoms with Crippen LogP contribution < -0.4 is 14.4 Å². The number of sulfonamides is 1. The minimum absolute atomic E-state index is 0.147. The number of carbonyl (C=O) groups excluding carboxylic acids is 2. The molecule has 0 heterocycles. The number of methoxy groups -OCH3 is 1. The largest absolute Gasteiger partial charge is 0.497 e. The number of amides is 2. The van der Waals surface area contributed by atoms with Crippen molar-refractivity contribution in [1.29, 1.82) is 0 Å². The zero-order chi connectivity index (χ0) is 27.7. The summed E-state index contributed by atoms with van der Waals surface area (Å²) in [4.78, 5) is 28.7. The van der Waals surface area contributed by atoms with Crippen LogP contribution >= 0.6 is 0 Å². The number of rotatable bonds is 12. The molecule has 3 aromatic carbocycles. The number of hydrogen-bond acceptors (Lipinski definition) is 5. The SMILES string of the molecule is CCNC(=O)C(Cc1ccccc1)N(Cc1ccc(C)cc1)C(=O)CN(c1ccc(OC)cc1)S(C)(=O)=O. The third-order valence-electron chi connectivity index (χ3n) is 6.14. The van der Waals surface area contributed by atoms with Crippen LogP contribution in [0.5, 0.6) is 5.75 Å². The molecule has 38 heavy (non-hydrogen) atoms. The second-order valence-corrected chi connectivity index (χ2v) is 11.0. The van der Waals surface area contributed by atoms with E-state index < -0.39 is 28.5 Å². The zero-order valence-corrected chi connectivity index (χ0v) is 23.1. The van der Waals surface area contributed by atoms with Gasteiger partial charge in [0.1, 0.15) is 18.3 Å². The Balaban J connectivity index is 2.01. The van der Waals surface area contributed by atoms with Crippen LogP contribution in [0.2, 0.25) is 0 Å². The Hall–Kier alpha value is -3.85. The Morgan fingerprint density at radius 3 is 2.11 bits per heavy atom. The van der Waals surface area contributed by atoms with Gasteiger partial charge >= 0.3 is 0 Å². The summed E-state index contributed by atoms with van der Waals surface area (Å²) >= 11 is 0. The van der Waals surface area contributed by atoms with Crippen LogP contribution in [0.4, 0.5) is 5.69 Å². The second kappa shape index (κ2) is 13.1. The van der Waals surface area contributed by atoms with E-state index >= 15 is 0 Å². The molecular weight excluding hydrogens is 502 g/mol. The summed E-state index contributed by atoms with van der Waals surface area (Å²) in [5, 5.41) is 2.85. The van der Waals surface area contributed by atoms with Crippen molar-refractivity contribution in [3.8, 4) is 5.75 Å². The maximum absolute atomic E-state index is 13.9. The molecule has 1 atom stereocenters. The number of nitrogens with zero attached hydrogens (tertiary/aromatic N) is 2. The van der Waals surface area contributed by atoms with Crippen molar-refractivity contribution < 1.29 is 22.7 Å². The Morgan fingerprint density at radius 1 is 0.921 bits per heavy atom. The van der Waals surface area contributed by atoms with E-state index in [4.69, 9.17) is 4.74 Å². The number of aryl methyl sites for hydroxylation is 1. The molecule has 3 aromatic rings. The molecule has 8 nitrogen and oxygen atoms in total. The van der Waals surface area contributed by atoms with E-state index in [9.17, 15) is 18.0 Å². The molecule has 0 fully saturated rings. The van der Waals surface area contributed by atoms with Crippen LogP contribution in [-0.2, 0) is 32.6 Å². The van der Waals surface area contributed by atoms with Crippen LogP contribution in [0.25, 0.3) is 0 Å². The molecule has 0 aliphatic rings. The summed E-state index contributed by atoms with van der Waals surface area (Å²) in [5.41, 5.74) is 3.12. The first-order chi connectivity index (χ1) is 18.1. The lowest BCUT2D eigenvalue weighted by atomic mass is 10.0. The molecule has 2 amide bonds. The van der Waals surface area contributed by atoms with Gasteiger partial charge in [-0.05, 0) is 49.2 Å². The first-order valence-electron chi connectivity index (χ1n) is 12.4. The number of anilines is 1. The molecule has 0 spiro atoms. The van der Waals surface area contributed by atoms with Crippen LogP contribution in [0.15, 0.2) is 78.9 Å². The molecular formula is C29H35N3O5S. The van der Waals surface area contributed by atoms with Crippen molar-refractivity contribution in [2.45, 2.75) is 32.9 Å². The zero-order valence-electron chi connectivity index (χ0n) is 22.3. The topological polar surface area (TPSA) is 96.0 Å². The van der Waals surface area contributed by atoms with Gasteiger partial charge in [0.25, 0.3) is 0 Å². The Morgan fingerprint density at radius 2 is 1.55 bits per heavy atom. The third-order valence-corrected chi connectivity index (χ3v) is 7.28. The summed E-state index contributed by atoms with van der Waals surface area (Å²) in [6, 6.07) is 22.7. The van der Waals surface area contributed by atoms with Gasteiger partial charge in [0.15, 0.2) is 0 Å². The Kier molecular flexibility index (Phi) is 9.90. The molecule has 0 saturated heterocycles. The van der Waals surface area contributed by atoms with E-state index in [0.29, 0.717) is 18.0 Å². The number of benzene rings is 3. The lowest BCUT2D eigenvalue weighted by Gasteiger charge is -2.33. The molecule has 0 aliphatic carbocycles. The lowest BCUT2D eigenvalue weighted by Crippen LogP contribution is -2.53. The van der Waals surface area contributed by atoms with Gasteiger partial charge < -0.3 is 15.0 Å². The average Bonchev–Trinajstić information content (AvgIpc) is 2.90. The highest BCUT2D eigenvalue weighted by Gasteiger charge is 2.32. The highest BCUT2D eigenvalue weighted by Crippen LogP contribution is 2.23. The first kappa shape index (κ1) is 28.7. The van der Waals surface area contributed by atoms with Gasteiger partial charge in [-0.3, -0.25) is 13.9 Å². The molecule has 0 radical (unpaired) electrons. The summed E-state index contributed by atoms with van der Waals surface area (Å²) in [5.74, 6) is -0.222. The molecule has 0 saturated carbocycles. The molecule has 1 unspecified atom stereocenters. The van der Waals surface area contributed by atoms with Crippen molar-refractivity contribution in [1.82, 2.24) is 10.2 Å². The number of ether oxygens (including phenoxy) is 1. The molecule has 0 bridgehead atoms. The van der Waals surface area contributed by atoms with Crippen molar-refractivity contribution >= 4 is 27.5 Å². The predicted octanol–water partition coefficient (Wildman–Crippen LogP) is 3.55. The summed E-state index contributed by atoms with van der Waals surface area (Å²) in [7, 11) is -2.30. The molecule has 0 aliphatic heterocycles. The maximum atomic E-state index is 13.9. The van der Waals surface area contributed by atoms with E-state index in [1.165, 1.54) is 12.0 Å². The quantitative estimate of drug-likeness (QED) is 0.381. The lowest BCUT2D eigenvalue weighted by molar-refractivity contribution is -0.140. The molecule has 202 valence electrons. The van der Waals surface area contributed by atoms with Crippen molar-refractivity contribution in [2.75, 3.05) is 30.8 Å². The summed E-state index contributed by atoms with van der Waals surface area (Å²) in [6.07, 6.45) is 1.34. The predicted molar refractivity (Wildman–Crippen MR) is 150 cm³/mol. The number of carbonyl (C=O) groups is 2. The van der Waals surface area contributed by atoms with E-state index in [1.807, 2.05) is 68.4 Å². The third kappa shape index (κ3) is 7.82. The fraction of sp³-hybridized carbons (Fsp3) is 0.310. The van der Waals surface area contributed by atoms with Gasteiger partial charge in [0.05, 0.1) is 19.1 Å². The van der Waals surface area contributed by atoms with Crippen LogP contribution in [0, 0.1) is 6.92 Å². The maximum Gasteiger partial charge on any atom is 0.244 e. The Bertz CT molecular complexity index is 1310. The Labute approximate surface area is 225 Å². The standard InChI is InChI=1S/C29H35N3O5S/c1-5-30-29(34)27(19-23-9-7-6-8-10-23)31(20-24-13-11-22(2)12-14-24)28(33)21-32(38(4,35)36)25-15-17-26(37-3)18-16-25/h6-18,27H,5,19-21H2,1-4H3,(H,30,34). The van der Waals surface area contributed by atoms with E-state index in [2.05, 4.69) is 5.32 Å². The minimum atomic E-state index is -3.82. The highest BCUT2D eigenvalue weighted by atomic mass is 32.2. The fourth-order valence-electron chi connectivity index (χ4n) is 4.10. The van der Waals surface area contributed by atoms with Crippen molar-refractivity contribution in [3.63, 3.8) is 0 Å².